The summed E-state index contributed by atoms with van der Waals surface area (Å²) < 4.78 is 5.42. The number of amides is 2. The van der Waals surface area contributed by atoms with Crippen LogP contribution < -0.4 is 10.6 Å². The molecule has 2 heterocycles. The average molecular weight is 424 g/mol. The van der Waals surface area contributed by atoms with E-state index in [2.05, 4.69) is 15.8 Å². The van der Waals surface area contributed by atoms with Crippen molar-refractivity contribution in [1.29, 1.82) is 0 Å². The maximum atomic E-state index is 12.9. The summed E-state index contributed by atoms with van der Waals surface area (Å²) in [7, 11) is 0. The van der Waals surface area contributed by atoms with Gasteiger partial charge in [0, 0.05) is 23.1 Å². The Balaban J connectivity index is 1.60. The lowest BCUT2D eigenvalue weighted by Gasteiger charge is -2.12. The van der Waals surface area contributed by atoms with Gasteiger partial charge in [0.1, 0.15) is 5.00 Å². The molecule has 0 saturated carbocycles. The van der Waals surface area contributed by atoms with Crippen molar-refractivity contribution in [3.05, 3.63) is 57.1 Å². The fourth-order valence-corrected chi connectivity index (χ4v) is 5.01. The first kappa shape index (κ1) is 20.3. The van der Waals surface area contributed by atoms with E-state index in [1.165, 1.54) is 21.8 Å². The highest BCUT2D eigenvalue weighted by Crippen LogP contribution is 2.38. The molecular weight excluding hydrogens is 398 g/mol. The molecule has 0 saturated heterocycles. The van der Waals surface area contributed by atoms with Crippen LogP contribution >= 0.6 is 11.3 Å². The number of aryl methyl sites for hydroxylation is 3. The van der Waals surface area contributed by atoms with Crippen molar-refractivity contribution in [2.45, 2.75) is 46.5 Å². The maximum Gasteiger partial charge on any atom is 0.278 e. The number of nitrogens with zero attached hydrogens (tertiary/aromatic N) is 1. The first-order valence-electron chi connectivity index (χ1n) is 10.3. The number of benzene rings is 1. The molecule has 2 N–H and O–H groups in total. The summed E-state index contributed by atoms with van der Waals surface area (Å²) in [6.45, 7) is 6.51. The fourth-order valence-electron chi connectivity index (χ4n) is 3.72. The van der Waals surface area contributed by atoms with Crippen LogP contribution in [0.2, 0.25) is 0 Å². The second kappa shape index (κ2) is 8.44. The zero-order chi connectivity index (χ0) is 21.3. The van der Waals surface area contributed by atoms with Crippen molar-refractivity contribution >= 4 is 28.2 Å². The molecule has 0 bridgehead atoms. The van der Waals surface area contributed by atoms with Gasteiger partial charge in [-0.3, -0.25) is 9.59 Å². The van der Waals surface area contributed by atoms with Gasteiger partial charge in [0.25, 0.3) is 11.8 Å². The van der Waals surface area contributed by atoms with Crippen molar-refractivity contribution in [2.75, 3.05) is 11.9 Å². The van der Waals surface area contributed by atoms with Crippen molar-refractivity contribution in [1.82, 2.24) is 10.5 Å². The van der Waals surface area contributed by atoms with Crippen LogP contribution in [0.15, 0.2) is 28.8 Å². The normalized spacial score (nSPS) is 13.0. The van der Waals surface area contributed by atoms with Gasteiger partial charge in [-0.1, -0.05) is 17.3 Å². The highest BCUT2D eigenvalue weighted by atomic mass is 32.1. The van der Waals surface area contributed by atoms with E-state index in [0.29, 0.717) is 22.9 Å². The van der Waals surface area contributed by atoms with E-state index < -0.39 is 0 Å². The number of hydrogen-bond donors (Lipinski definition) is 2. The van der Waals surface area contributed by atoms with E-state index in [0.717, 1.165) is 42.4 Å². The molecule has 0 radical (unpaired) electrons. The Kier molecular flexibility index (Phi) is 5.72. The molecule has 0 unspecified atom stereocenters. The van der Waals surface area contributed by atoms with Crippen LogP contribution in [0.3, 0.4) is 0 Å². The Labute approximate surface area is 179 Å². The quantitative estimate of drug-likeness (QED) is 0.611. The molecule has 2 aromatic heterocycles. The minimum Gasteiger partial charge on any atom is -0.355 e. The van der Waals surface area contributed by atoms with Gasteiger partial charge in [0.15, 0.2) is 11.5 Å². The zero-order valence-corrected chi connectivity index (χ0v) is 18.2. The summed E-state index contributed by atoms with van der Waals surface area (Å²) in [5.74, 6) is 0.0267. The predicted molar refractivity (Wildman–Crippen MR) is 118 cm³/mol. The van der Waals surface area contributed by atoms with Crippen molar-refractivity contribution in [3.63, 3.8) is 0 Å². The molecule has 3 aromatic rings. The molecule has 156 valence electrons. The molecule has 0 atom stereocenters. The van der Waals surface area contributed by atoms with Crippen LogP contribution in [0.4, 0.5) is 5.00 Å². The number of fused-ring (bicyclic) bond motifs is 1. The Hall–Kier alpha value is -2.93. The van der Waals surface area contributed by atoms with Gasteiger partial charge in [0.2, 0.25) is 0 Å². The monoisotopic (exact) mass is 423 g/mol. The van der Waals surface area contributed by atoms with Gasteiger partial charge in [-0.15, -0.1) is 11.3 Å². The summed E-state index contributed by atoms with van der Waals surface area (Å²) in [4.78, 5) is 26.7. The number of aromatic nitrogens is 1. The van der Waals surface area contributed by atoms with Gasteiger partial charge in [0.05, 0.1) is 5.56 Å². The lowest BCUT2D eigenvalue weighted by molar-refractivity contribution is 0.0956. The third kappa shape index (κ3) is 3.89. The Bertz CT molecular complexity index is 1110. The largest absolute Gasteiger partial charge is 0.355 e. The zero-order valence-electron chi connectivity index (χ0n) is 17.4. The number of hydrogen-bond acceptors (Lipinski definition) is 5. The smallest absolute Gasteiger partial charge is 0.278 e. The van der Waals surface area contributed by atoms with Crippen molar-refractivity contribution in [2.24, 2.45) is 0 Å². The lowest BCUT2D eigenvalue weighted by Crippen LogP contribution is -2.25. The molecule has 1 aliphatic rings. The van der Waals surface area contributed by atoms with E-state index in [9.17, 15) is 9.59 Å². The number of thiophene rings is 1. The molecule has 1 aliphatic carbocycles. The summed E-state index contributed by atoms with van der Waals surface area (Å²) in [6.07, 6.45) is 3.99. The third-order valence-corrected chi connectivity index (χ3v) is 6.70. The topological polar surface area (TPSA) is 84.2 Å². The number of carbonyl (C=O) groups is 2. The van der Waals surface area contributed by atoms with E-state index in [4.69, 9.17) is 4.52 Å². The maximum absolute atomic E-state index is 12.9. The van der Waals surface area contributed by atoms with E-state index in [-0.39, 0.29) is 17.5 Å². The standard InChI is InChI=1S/C23H25N3O3S/c1-4-24-22(28)20-16-7-5-6-8-19(16)30-23(20)25-21(27)17-12-18(29-26-17)15-10-9-13(2)14(3)11-15/h9-12H,4-8H2,1-3H3,(H,24,28)(H,25,27). The van der Waals surface area contributed by atoms with Crippen LogP contribution in [0.25, 0.3) is 11.3 Å². The average Bonchev–Trinajstić information content (AvgIpc) is 3.35. The highest BCUT2D eigenvalue weighted by Gasteiger charge is 2.27. The number of anilines is 1. The van der Waals surface area contributed by atoms with Crippen molar-refractivity contribution < 1.29 is 14.1 Å². The molecule has 0 spiro atoms. The van der Waals surface area contributed by atoms with E-state index in [1.807, 2.05) is 39.0 Å². The molecule has 30 heavy (non-hydrogen) atoms. The number of rotatable bonds is 5. The van der Waals surface area contributed by atoms with E-state index >= 15 is 0 Å². The van der Waals surface area contributed by atoms with Gasteiger partial charge in [-0.25, -0.2) is 0 Å². The van der Waals surface area contributed by atoms with E-state index in [1.54, 1.807) is 6.07 Å². The SMILES string of the molecule is CCNC(=O)c1c(NC(=O)c2cc(-c3ccc(C)c(C)c3)on2)sc2c1CCCC2. The second-order valence-electron chi connectivity index (χ2n) is 7.60. The summed E-state index contributed by atoms with van der Waals surface area (Å²) in [5.41, 5.74) is 5.07. The van der Waals surface area contributed by atoms with Gasteiger partial charge in [-0.05, 0) is 69.2 Å². The van der Waals surface area contributed by atoms with Crippen LogP contribution in [-0.4, -0.2) is 23.5 Å². The van der Waals surface area contributed by atoms with Crippen LogP contribution in [0.1, 0.15) is 62.2 Å². The van der Waals surface area contributed by atoms with Crippen LogP contribution in [0.5, 0.6) is 0 Å². The third-order valence-electron chi connectivity index (χ3n) is 5.50. The van der Waals surface area contributed by atoms with Gasteiger partial charge in [-0.2, -0.15) is 0 Å². The molecule has 1 aromatic carbocycles. The second-order valence-corrected chi connectivity index (χ2v) is 8.71. The van der Waals surface area contributed by atoms with Crippen LogP contribution in [0, 0.1) is 13.8 Å². The predicted octanol–water partition coefficient (Wildman–Crippen LogP) is 4.90. The summed E-state index contributed by atoms with van der Waals surface area (Å²) in [5, 5.41) is 10.3. The Morgan fingerprint density at radius 3 is 2.67 bits per heavy atom. The molecule has 0 fully saturated rings. The molecule has 2 amide bonds. The van der Waals surface area contributed by atoms with Crippen LogP contribution in [-0.2, 0) is 12.8 Å². The Morgan fingerprint density at radius 2 is 1.90 bits per heavy atom. The molecule has 4 rings (SSSR count). The number of nitrogens with one attached hydrogen (secondary N) is 2. The fraction of sp³-hybridized carbons (Fsp3) is 0.348. The lowest BCUT2D eigenvalue weighted by atomic mass is 9.95. The number of carbonyl (C=O) groups excluding carboxylic acids is 2. The molecule has 7 heteroatoms. The summed E-state index contributed by atoms with van der Waals surface area (Å²) in [6, 6.07) is 7.61. The minimum absolute atomic E-state index is 0.136. The molecular formula is C23H25N3O3S. The first-order valence-corrected chi connectivity index (χ1v) is 11.1. The summed E-state index contributed by atoms with van der Waals surface area (Å²) >= 11 is 1.49. The minimum atomic E-state index is -0.377. The first-order chi connectivity index (χ1) is 14.5. The Morgan fingerprint density at radius 1 is 1.10 bits per heavy atom. The highest BCUT2D eigenvalue weighted by molar-refractivity contribution is 7.17. The molecule has 6 nitrogen and oxygen atoms in total. The van der Waals surface area contributed by atoms with Crippen molar-refractivity contribution in [3.8, 4) is 11.3 Å². The van der Waals surface area contributed by atoms with Gasteiger partial charge >= 0.3 is 0 Å². The van der Waals surface area contributed by atoms with Gasteiger partial charge < -0.3 is 15.2 Å². The molecule has 0 aliphatic heterocycles.